The number of hydrogen-bond acceptors (Lipinski definition) is 1. The molecule has 70 valence electrons. The molecule has 0 fully saturated rings. The van der Waals surface area contributed by atoms with Crippen LogP contribution in [0.15, 0.2) is 10.2 Å². The third-order valence-corrected chi connectivity index (χ3v) is 2.11. The first kappa shape index (κ1) is 11.9. The summed E-state index contributed by atoms with van der Waals surface area (Å²) in [5.74, 6) is -0.679. The minimum atomic E-state index is -0.679. The standard InChI is InChI=1S/C9H15IO2/c10-8-6-4-2-1-3-5-7-9(11)12/h6,8H,1-5,7H2,(H,11,12)/b8-6-. The molecule has 0 amide bonds. The highest BCUT2D eigenvalue weighted by atomic mass is 127. The Hall–Kier alpha value is -0.0600. The quantitative estimate of drug-likeness (QED) is 0.574. The molecule has 0 unspecified atom stereocenters. The van der Waals surface area contributed by atoms with E-state index in [1.165, 1.54) is 6.42 Å². The molecule has 3 heteroatoms. The van der Waals surface area contributed by atoms with Crippen molar-refractivity contribution in [2.24, 2.45) is 0 Å². The summed E-state index contributed by atoms with van der Waals surface area (Å²) in [6, 6.07) is 0. The SMILES string of the molecule is O=C(O)CCCCCC/C=C\I. The summed E-state index contributed by atoms with van der Waals surface area (Å²) in [7, 11) is 0. The van der Waals surface area contributed by atoms with E-state index in [-0.39, 0.29) is 0 Å². The highest BCUT2D eigenvalue weighted by Gasteiger charge is 1.95. The summed E-state index contributed by atoms with van der Waals surface area (Å²) in [5.41, 5.74) is 0. The first-order valence-electron chi connectivity index (χ1n) is 4.24. The normalized spacial score (nSPS) is 10.8. The Balaban J connectivity index is 2.96. The third-order valence-electron chi connectivity index (χ3n) is 1.60. The number of aliphatic carboxylic acids is 1. The van der Waals surface area contributed by atoms with Crippen molar-refractivity contribution < 1.29 is 9.90 Å². The molecule has 0 aliphatic carbocycles. The molecule has 0 aromatic carbocycles. The van der Waals surface area contributed by atoms with Gasteiger partial charge in [-0.05, 0) is 23.3 Å². The van der Waals surface area contributed by atoms with E-state index in [9.17, 15) is 4.79 Å². The average Bonchev–Trinajstić information content (AvgIpc) is 2.02. The van der Waals surface area contributed by atoms with E-state index in [1.54, 1.807) is 0 Å². The Bertz CT molecular complexity index is 143. The molecule has 2 nitrogen and oxygen atoms in total. The second-order valence-electron chi connectivity index (χ2n) is 2.71. The number of carboxylic acids is 1. The van der Waals surface area contributed by atoms with Gasteiger partial charge in [-0.15, -0.1) is 0 Å². The monoisotopic (exact) mass is 282 g/mol. The van der Waals surface area contributed by atoms with Crippen molar-refractivity contribution in [2.75, 3.05) is 0 Å². The molecular formula is C9H15IO2. The molecule has 0 atom stereocenters. The molecule has 12 heavy (non-hydrogen) atoms. The van der Waals surface area contributed by atoms with Gasteiger partial charge in [0.2, 0.25) is 0 Å². The lowest BCUT2D eigenvalue weighted by Gasteiger charge is -1.96. The second-order valence-corrected chi connectivity index (χ2v) is 3.43. The minimum Gasteiger partial charge on any atom is -0.481 e. The van der Waals surface area contributed by atoms with E-state index in [0.717, 1.165) is 25.7 Å². The highest BCUT2D eigenvalue weighted by molar-refractivity contribution is 14.1. The van der Waals surface area contributed by atoms with Crippen molar-refractivity contribution in [2.45, 2.75) is 38.5 Å². The number of carbonyl (C=O) groups is 1. The minimum absolute atomic E-state index is 0.322. The first-order chi connectivity index (χ1) is 5.77. The fourth-order valence-electron chi connectivity index (χ4n) is 0.955. The Morgan fingerprint density at radius 2 is 1.92 bits per heavy atom. The van der Waals surface area contributed by atoms with Gasteiger partial charge in [0.05, 0.1) is 0 Å². The zero-order valence-corrected chi connectivity index (χ0v) is 9.29. The summed E-state index contributed by atoms with van der Waals surface area (Å²) >= 11 is 2.21. The summed E-state index contributed by atoms with van der Waals surface area (Å²) < 4.78 is 2.02. The molecular weight excluding hydrogens is 267 g/mol. The molecule has 0 rings (SSSR count). The molecule has 0 aromatic rings. The van der Waals surface area contributed by atoms with Crippen LogP contribution in [0.2, 0.25) is 0 Å². The number of carboxylic acid groups (broad SMARTS) is 1. The molecule has 0 saturated heterocycles. The number of rotatable bonds is 7. The van der Waals surface area contributed by atoms with Gasteiger partial charge in [-0.3, -0.25) is 4.79 Å². The first-order valence-corrected chi connectivity index (χ1v) is 5.49. The van der Waals surface area contributed by atoms with Gasteiger partial charge in [0.1, 0.15) is 0 Å². The van der Waals surface area contributed by atoms with Gasteiger partial charge >= 0.3 is 5.97 Å². The zero-order chi connectivity index (χ0) is 9.23. The van der Waals surface area contributed by atoms with Crippen LogP contribution in [0.25, 0.3) is 0 Å². The maximum absolute atomic E-state index is 10.1. The van der Waals surface area contributed by atoms with Gasteiger partial charge in [-0.25, -0.2) is 0 Å². The van der Waals surface area contributed by atoms with Crippen LogP contribution in [0.1, 0.15) is 38.5 Å². The van der Waals surface area contributed by atoms with Crippen molar-refractivity contribution in [3.63, 3.8) is 0 Å². The van der Waals surface area contributed by atoms with Gasteiger partial charge in [0.15, 0.2) is 0 Å². The summed E-state index contributed by atoms with van der Waals surface area (Å²) in [6.45, 7) is 0. The molecule has 0 spiro atoms. The van der Waals surface area contributed by atoms with Crippen molar-refractivity contribution in [1.82, 2.24) is 0 Å². The van der Waals surface area contributed by atoms with Crippen molar-refractivity contribution in [3.8, 4) is 0 Å². The van der Waals surface area contributed by atoms with Crippen molar-refractivity contribution >= 4 is 28.6 Å². The van der Waals surface area contributed by atoms with Crippen LogP contribution in [0.4, 0.5) is 0 Å². The van der Waals surface area contributed by atoms with Crippen molar-refractivity contribution in [1.29, 1.82) is 0 Å². The predicted octanol–water partition coefficient (Wildman–Crippen LogP) is 3.36. The Kier molecular flexibility index (Phi) is 8.99. The number of halogens is 1. The highest BCUT2D eigenvalue weighted by Crippen LogP contribution is 2.06. The smallest absolute Gasteiger partial charge is 0.303 e. The van der Waals surface area contributed by atoms with Gasteiger partial charge in [-0.2, -0.15) is 0 Å². The Labute approximate surface area is 87.2 Å². The fraction of sp³-hybridized carbons (Fsp3) is 0.667. The van der Waals surface area contributed by atoms with Crippen LogP contribution in [0, 0.1) is 0 Å². The van der Waals surface area contributed by atoms with E-state index >= 15 is 0 Å². The maximum atomic E-state index is 10.1. The fourth-order valence-corrected chi connectivity index (χ4v) is 1.31. The molecule has 1 N–H and O–H groups in total. The van der Waals surface area contributed by atoms with Crippen LogP contribution in [-0.4, -0.2) is 11.1 Å². The van der Waals surface area contributed by atoms with Gasteiger partial charge in [0.25, 0.3) is 0 Å². The third kappa shape index (κ3) is 9.94. The van der Waals surface area contributed by atoms with Crippen LogP contribution < -0.4 is 0 Å². The molecule has 0 bridgehead atoms. The van der Waals surface area contributed by atoms with E-state index < -0.39 is 5.97 Å². The van der Waals surface area contributed by atoms with Gasteiger partial charge in [0, 0.05) is 6.42 Å². The van der Waals surface area contributed by atoms with Crippen LogP contribution in [-0.2, 0) is 4.79 Å². The topological polar surface area (TPSA) is 37.3 Å². The van der Waals surface area contributed by atoms with Gasteiger partial charge in [-0.1, -0.05) is 41.5 Å². The summed E-state index contributed by atoms with van der Waals surface area (Å²) in [6.07, 6.45) is 7.77. The van der Waals surface area contributed by atoms with Gasteiger partial charge < -0.3 is 5.11 Å². The lowest BCUT2D eigenvalue weighted by molar-refractivity contribution is -0.137. The van der Waals surface area contributed by atoms with Crippen LogP contribution in [0.3, 0.4) is 0 Å². The molecule has 0 saturated carbocycles. The number of unbranched alkanes of at least 4 members (excludes halogenated alkanes) is 4. The molecule has 0 aliphatic heterocycles. The van der Waals surface area contributed by atoms with E-state index in [0.29, 0.717) is 6.42 Å². The lowest BCUT2D eigenvalue weighted by atomic mass is 10.1. The average molecular weight is 282 g/mol. The molecule has 0 radical (unpaired) electrons. The Morgan fingerprint density at radius 3 is 2.50 bits per heavy atom. The number of hydrogen-bond donors (Lipinski definition) is 1. The number of allylic oxidation sites excluding steroid dienone is 1. The zero-order valence-electron chi connectivity index (χ0n) is 7.13. The largest absolute Gasteiger partial charge is 0.481 e. The lowest BCUT2D eigenvalue weighted by Crippen LogP contribution is -1.93. The van der Waals surface area contributed by atoms with E-state index in [1.807, 2.05) is 4.08 Å². The second kappa shape index (κ2) is 9.03. The maximum Gasteiger partial charge on any atom is 0.303 e. The van der Waals surface area contributed by atoms with Crippen molar-refractivity contribution in [3.05, 3.63) is 10.2 Å². The molecule has 0 aromatic heterocycles. The van der Waals surface area contributed by atoms with E-state index in [2.05, 4.69) is 28.7 Å². The molecule has 0 aliphatic rings. The summed E-state index contributed by atoms with van der Waals surface area (Å²) in [5, 5.41) is 8.34. The van der Waals surface area contributed by atoms with Crippen LogP contribution in [0.5, 0.6) is 0 Å². The summed E-state index contributed by atoms with van der Waals surface area (Å²) in [4.78, 5) is 10.1. The van der Waals surface area contributed by atoms with Crippen LogP contribution >= 0.6 is 22.6 Å². The molecule has 0 heterocycles. The Morgan fingerprint density at radius 1 is 1.25 bits per heavy atom. The van der Waals surface area contributed by atoms with E-state index in [4.69, 9.17) is 5.11 Å². The predicted molar refractivity (Wildman–Crippen MR) is 58.5 cm³/mol.